The smallest absolute Gasteiger partial charge is 0.124 e. The van der Waals surface area contributed by atoms with Crippen LogP contribution in [0.4, 0.5) is 11.5 Å². The van der Waals surface area contributed by atoms with Gasteiger partial charge in [-0.05, 0) is 48.0 Å². The molecule has 0 bridgehead atoms. The Morgan fingerprint density at radius 1 is 0.917 bits per heavy atom. The quantitative estimate of drug-likeness (QED) is 0.506. The van der Waals surface area contributed by atoms with Crippen molar-refractivity contribution in [3.05, 3.63) is 59.8 Å². The Kier molecular flexibility index (Phi) is 3.59. The molecule has 24 heavy (non-hydrogen) atoms. The average Bonchev–Trinajstić information content (AvgIpc) is 3.00. The van der Waals surface area contributed by atoms with Gasteiger partial charge in [-0.25, -0.2) is 9.97 Å². The molecule has 0 aliphatic heterocycles. The Bertz CT molecular complexity index is 1040. The first-order valence-electron chi connectivity index (χ1n) is 7.28. The molecule has 118 valence electrons. The molecule has 0 aliphatic rings. The summed E-state index contributed by atoms with van der Waals surface area (Å²) in [6, 6.07) is 15.6. The summed E-state index contributed by atoms with van der Waals surface area (Å²) in [5.41, 5.74) is 16.1. The first-order valence-corrected chi connectivity index (χ1v) is 8.47. The van der Waals surface area contributed by atoms with Gasteiger partial charge in [-0.1, -0.05) is 17.7 Å². The minimum atomic E-state index is 0.440. The molecule has 2 aromatic carbocycles. The fourth-order valence-electron chi connectivity index (χ4n) is 2.52. The van der Waals surface area contributed by atoms with Crippen molar-refractivity contribution >= 4 is 44.7 Å². The molecule has 0 unspecified atom stereocenters. The van der Waals surface area contributed by atoms with Crippen molar-refractivity contribution in [3.8, 4) is 21.7 Å². The van der Waals surface area contributed by atoms with Gasteiger partial charge >= 0.3 is 0 Å². The molecule has 0 spiro atoms. The van der Waals surface area contributed by atoms with Gasteiger partial charge in [0.1, 0.15) is 10.8 Å². The Hall–Kier alpha value is -2.63. The number of nitrogens with two attached hydrogens (primary N) is 2. The van der Waals surface area contributed by atoms with Crippen LogP contribution in [-0.4, -0.2) is 9.97 Å². The van der Waals surface area contributed by atoms with Crippen LogP contribution < -0.4 is 11.5 Å². The van der Waals surface area contributed by atoms with E-state index in [9.17, 15) is 0 Å². The molecule has 4 rings (SSSR count). The van der Waals surface area contributed by atoms with Crippen LogP contribution in [0.2, 0.25) is 5.02 Å². The number of benzene rings is 2. The number of nitrogens with zero attached hydrogens (tertiary/aromatic N) is 2. The number of fused-ring (bicyclic) bond motifs is 1. The summed E-state index contributed by atoms with van der Waals surface area (Å²) >= 11 is 7.90. The van der Waals surface area contributed by atoms with Gasteiger partial charge in [0.15, 0.2) is 0 Å². The summed E-state index contributed by atoms with van der Waals surface area (Å²) in [5.74, 6) is 0.440. The van der Waals surface area contributed by atoms with Crippen LogP contribution in [0, 0.1) is 0 Å². The molecule has 0 saturated carbocycles. The summed E-state index contributed by atoms with van der Waals surface area (Å²) in [5, 5.41) is 1.53. The van der Waals surface area contributed by atoms with E-state index in [0.717, 1.165) is 37.6 Å². The van der Waals surface area contributed by atoms with Crippen LogP contribution in [0.5, 0.6) is 0 Å². The molecule has 0 amide bonds. The van der Waals surface area contributed by atoms with Crippen LogP contribution in [-0.2, 0) is 0 Å². The molecule has 4 aromatic rings. The molecule has 0 aliphatic carbocycles. The zero-order chi connectivity index (χ0) is 16.7. The zero-order valence-electron chi connectivity index (χ0n) is 12.5. The van der Waals surface area contributed by atoms with Gasteiger partial charge in [-0.2, -0.15) is 0 Å². The second-order valence-electron chi connectivity index (χ2n) is 5.41. The molecule has 6 heteroatoms. The van der Waals surface area contributed by atoms with Gasteiger partial charge in [0.05, 0.1) is 15.2 Å². The van der Waals surface area contributed by atoms with Gasteiger partial charge in [0, 0.05) is 23.0 Å². The SMILES string of the molecule is Nc1ccc(-c2nc3cc(-c4cc(N)ncc4Cl)ccc3s2)cc1. The van der Waals surface area contributed by atoms with Crippen LogP contribution in [0.1, 0.15) is 0 Å². The van der Waals surface area contributed by atoms with Crippen molar-refractivity contribution in [2.75, 3.05) is 11.5 Å². The van der Waals surface area contributed by atoms with E-state index in [1.807, 2.05) is 36.4 Å². The molecule has 0 atom stereocenters. The van der Waals surface area contributed by atoms with Gasteiger partial charge in [-0.3, -0.25) is 0 Å². The number of nitrogen functional groups attached to an aromatic ring is 2. The molecule has 4 N–H and O–H groups in total. The Morgan fingerprint density at radius 2 is 1.67 bits per heavy atom. The highest BCUT2D eigenvalue weighted by atomic mass is 35.5. The number of aromatic nitrogens is 2. The third kappa shape index (κ3) is 2.68. The fourth-order valence-corrected chi connectivity index (χ4v) is 3.68. The third-order valence-electron chi connectivity index (χ3n) is 3.73. The number of hydrogen-bond donors (Lipinski definition) is 2. The number of anilines is 2. The van der Waals surface area contributed by atoms with E-state index in [1.165, 1.54) is 0 Å². The number of hydrogen-bond acceptors (Lipinski definition) is 5. The molecule has 4 nitrogen and oxygen atoms in total. The van der Waals surface area contributed by atoms with Gasteiger partial charge in [0.25, 0.3) is 0 Å². The van der Waals surface area contributed by atoms with Gasteiger partial charge in [0.2, 0.25) is 0 Å². The molecule has 2 heterocycles. The van der Waals surface area contributed by atoms with Crippen LogP contribution in [0.25, 0.3) is 31.9 Å². The van der Waals surface area contributed by atoms with E-state index in [0.29, 0.717) is 10.8 Å². The van der Waals surface area contributed by atoms with Crippen LogP contribution in [0.15, 0.2) is 54.7 Å². The van der Waals surface area contributed by atoms with Crippen molar-refractivity contribution in [2.24, 2.45) is 0 Å². The molecule has 0 radical (unpaired) electrons. The summed E-state index contributed by atoms with van der Waals surface area (Å²) in [6.07, 6.45) is 1.57. The number of halogens is 1. The number of rotatable bonds is 2. The largest absolute Gasteiger partial charge is 0.399 e. The van der Waals surface area contributed by atoms with Gasteiger partial charge in [-0.15, -0.1) is 11.3 Å². The third-order valence-corrected chi connectivity index (χ3v) is 5.12. The average molecular weight is 353 g/mol. The number of pyridine rings is 1. The highest BCUT2D eigenvalue weighted by molar-refractivity contribution is 7.21. The Balaban J connectivity index is 1.81. The van der Waals surface area contributed by atoms with E-state index in [4.69, 9.17) is 28.1 Å². The fraction of sp³-hybridized carbons (Fsp3) is 0. The molecule has 0 fully saturated rings. The summed E-state index contributed by atoms with van der Waals surface area (Å²) in [7, 11) is 0. The standard InChI is InChI=1S/C18H13ClN4S/c19-14-9-22-17(21)8-13(14)11-3-6-16-15(7-11)23-18(24-16)10-1-4-12(20)5-2-10/h1-9H,20H2,(H2,21,22). The van der Waals surface area contributed by atoms with E-state index in [-0.39, 0.29) is 0 Å². The van der Waals surface area contributed by atoms with Crippen molar-refractivity contribution in [1.82, 2.24) is 9.97 Å². The highest BCUT2D eigenvalue weighted by Gasteiger charge is 2.10. The molecule has 0 saturated heterocycles. The summed E-state index contributed by atoms with van der Waals surface area (Å²) < 4.78 is 1.11. The number of thiazole rings is 1. The zero-order valence-corrected chi connectivity index (χ0v) is 14.1. The Morgan fingerprint density at radius 3 is 2.46 bits per heavy atom. The molecular formula is C18H13ClN4S. The van der Waals surface area contributed by atoms with E-state index in [2.05, 4.69) is 11.1 Å². The second-order valence-corrected chi connectivity index (χ2v) is 6.85. The molecular weight excluding hydrogens is 340 g/mol. The predicted molar refractivity (Wildman–Crippen MR) is 102 cm³/mol. The summed E-state index contributed by atoms with van der Waals surface area (Å²) in [6.45, 7) is 0. The van der Waals surface area contributed by atoms with E-state index < -0.39 is 0 Å². The maximum absolute atomic E-state index is 6.25. The maximum atomic E-state index is 6.25. The van der Waals surface area contributed by atoms with Crippen LogP contribution in [0.3, 0.4) is 0 Å². The topological polar surface area (TPSA) is 77.8 Å². The first kappa shape index (κ1) is 14.9. The highest BCUT2D eigenvalue weighted by Crippen LogP contribution is 2.35. The van der Waals surface area contributed by atoms with Crippen molar-refractivity contribution in [2.45, 2.75) is 0 Å². The van der Waals surface area contributed by atoms with Crippen molar-refractivity contribution in [1.29, 1.82) is 0 Å². The van der Waals surface area contributed by atoms with E-state index in [1.54, 1.807) is 23.6 Å². The van der Waals surface area contributed by atoms with Crippen LogP contribution >= 0.6 is 22.9 Å². The molecule has 2 aromatic heterocycles. The minimum absolute atomic E-state index is 0.440. The normalized spacial score (nSPS) is 11.0. The van der Waals surface area contributed by atoms with E-state index >= 15 is 0 Å². The Labute approximate surface area is 147 Å². The predicted octanol–water partition coefficient (Wildman–Crippen LogP) is 4.84. The van der Waals surface area contributed by atoms with Gasteiger partial charge < -0.3 is 11.5 Å². The first-order chi connectivity index (χ1) is 11.6. The van der Waals surface area contributed by atoms with Crippen molar-refractivity contribution < 1.29 is 0 Å². The lowest BCUT2D eigenvalue weighted by Crippen LogP contribution is -1.90. The maximum Gasteiger partial charge on any atom is 0.124 e. The lowest BCUT2D eigenvalue weighted by molar-refractivity contribution is 1.34. The summed E-state index contributed by atoms with van der Waals surface area (Å²) in [4.78, 5) is 8.74. The second kappa shape index (κ2) is 5.78. The lowest BCUT2D eigenvalue weighted by atomic mass is 10.1. The minimum Gasteiger partial charge on any atom is -0.399 e. The lowest BCUT2D eigenvalue weighted by Gasteiger charge is -2.05. The van der Waals surface area contributed by atoms with Crippen molar-refractivity contribution in [3.63, 3.8) is 0 Å². The monoisotopic (exact) mass is 352 g/mol.